The van der Waals surface area contributed by atoms with Gasteiger partial charge in [0.15, 0.2) is 5.65 Å². The van der Waals surface area contributed by atoms with E-state index in [1.54, 1.807) is 60.9 Å². The van der Waals surface area contributed by atoms with Crippen molar-refractivity contribution in [2.75, 3.05) is 13.2 Å². The van der Waals surface area contributed by atoms with E-state index in [1.807, 2.05) is 47.0 Å². The SMILES string of the molecule is OCC1OC(Oc2ccc(COc3c(Cc4ccco4)nc4c(Cc5ccccc5)nc(-c5ccc(OC6OC(CO)C(O)C(O)C6O)cc5)cn34)cc2)C(O)C(O)C1O. The second-order valence-corrected chi connectivity index (χ2v) is 14.6. The van der Waals surface area contributed by atoms with Crippen LogP contribution >= 0.6 is 0 Å². The molecule has 2 saturated heterocycles. The molecular weight excluding hydrogens is 782 g/mol. The first-order chi connectivity index (χ1) is 29.1. The highest BCUT2D eigenvalue weighted by Crippen LogP contribution is 2.32. The van der Waals surface area contributed by atoms with Crippen molar-refractivity contribution in [3.8, 4) is 28.6 Å². The summed E-state index contributed by atoms with van der Waals surface area (Å²) < 4.78 is 36.7. The van der Waals surface area contributed by atoms with Crippen LogP contribution in [0, 0.1) is 0 Å². The van der Waals surface area contributed by atoms with Crippen molar-refractivity contribution in [3.05, 3.63) is 132 Å². The number of aliphatic hydroxyl groups excluding tert-OH is 8. The number of furan rings is 1. The number of aliphatic hydroxyl groups is 8. The minimum atomic E-state index is -1.58. The van der Waals surface area contributed by atoms with Gasteiger partial charge in [-0.25, -0.2) is 9.97 Å². The molecule has 60 heavy (non-hydrogen) atoms. The lowest BCUT2D eigenvalue weighted by atomic mass is 9.99. The lowest BCUT2D eigenvalue weighted by molar-refractivity contribution is -0.277. The number of ether oxygens (including phenoxy) is 5. The number of nitrogens with zero attached hydrogens (tertiary/aromatic N) is 3. The smallest absolute Gasteiger partial charge is 0.229 e. The minimum absolute atomic E-state index is 0.106. The number of aromatic nitrogens is 3. The van der Waals surface area contributed by atoms with Crippen LogP contribution in [-0.2, 0) is 28.9 Å². The van der Waals surface area contributed by atoms with E-state index in [4.69, 9.17) is 38.1 Å². The largest absolute Gasteiger partial charge is 0.472 e. The molecule has 8 rings (SSSR count). The van der Waals surface area contributed by atoms with E-state index in [-0.39, 0.29) is 6.61 Å². The summed E-state index contributed by atoms with van der Waals surface area (Å²) in [5.41, 5.74) is 4.89. The fraction of sp³-hybridized carbons (Fsp3) is 0.349. The number of imidazole rings is 1. The van der Waals surface area contributed by atoms with E-state index in [9.17, 15) is 40.9 Å². The molecule has 10 atom stereocenters. The van der Waals surface area contributed by atoms with Crippen molar-refractivity contribution in [2.24, 2.45) is 0 Å². The number of hydrogen-bond donors (Lipinski definition) is 8. The molecule has 0 radical (unpaired) electrons. The average Bonchev–Trinajstić information content (AvgIpc) is 3.92. The molecule has 17 nitrogen and oxygen atoms in total. The number of fused-ring (bicyclic) bond motifs is 1. The van der Waals surface area contributed by atoms with Gasteiger partial charge in [0.25, 0.3) is 0 Å². The third-order valence-electron chi connectivity index (χ3n) is 10.5. The molecule has 10 unspecified atom stereocenters. The molecule has 316 valence electrons. The van der Waals surface area contributed by atoms with Crippen LogP contribution in [0.1, 0.15) is 28.3 Å². The van der Waals surface area contributed by atoms with Crippen molar-refractivity contribution in [3.63, 3.8) is 0 Å². The van der Waals surface area contributed by atoms with Gasteiger partial charge in [-0.15, -0.1) is 0 Å². The van der Waals surface area contributed by atoms with Crippen molar-refractivity contribution < 1.29 is 69.0 Å². The molecule has 0 spiro atoms. The molecule has 2 aliphatic heterocycles. The molecule has 0 amide bonds. The van der Waals surface area contributed by atoms with Gasteiger partial charge in [0, 0.05) is 18.2 Å². The quantitative estimate of drug-likeness (QED) is 0.0766. The van der Waals surface area contributed by atoms with E-state index in [2.05, 4.69) is 0 Å². The van der Waals surface area contributed by atoms with Gasteiger partial charge in [-0.1, -0.05) is 42.5 Å². The van der Waals surface area contributed by atoms with Crippen molar-refractivity contribution in [2.45, 2.75) is 80.9 Å². The van der Waals surface area contributed by atoms with Crippen LogP contribution in [0.2, 0.25) is 0 Å². The Hall–Kier alpha value is -5.44. The summed E-state index contributed by atoms with van der Waals surface area (Å²) in [7, 11) is 0. The van der Waals surface area contributed by atoms with E-state index >= 15 is 0 Å². The molecule has 2 fully saturated rings. The van der Waals surface area contributed by atoms with Gasteiger partial charge < -0.3 is 69.0 Å². The van der Waals surface area contributed by atoms with Crippen molar-refractivity contribution in [1.29, 1.82) is 0 Å². The Morgan fingerprint density at radius 1 is 0.583 bits per heavy atom. The van der Waals surface area contributed by atoms with Gasteiger partial charge in [-0.2, -0.15) is 0 Å². The second-order valence-electron chi connectivity index (χ2n) is 14.6. The van der Waals surface area contributed by atoms with Gasteiger partial charge in [-0.05, 0) is 59.7 Å². The third-order valence-corrected chi connectivity index (χ3v) is 10.5. The minimum Gasteiger partial charge on any atom is -0.472 e. The predicted molar refractivity (Wildman–Crippen MR) is 209 cm³/mol. The van der Waals surface area contributed by atoms with Crippen LogP contribution in [-0.4, -0.2) is 130 Å². The van der Waals surface area contributed by atoms with Crippen LogP contribution in [0.15, 0.2) is 108 Å². The summed E-state index contributed by atoms with van der Waals surface area (Å²) in [5.74, 6) is 1.72. The Bertz CT molecular complexity index is 2300. The molecule has 0 saturated carbocycles. The first-order valence-electron chi connectivity index (χ1n) is 19.3. The maximum atomic E-state index is 10.5. The molecule has 3 aromatic heterocycles. The zero-order valence-corrected chi connectivity index (χ0v) is 32.0. The summed E-state index contributed by atoms with van der Waals surface area (Å²) >= 11 is 0. The lowest BCUT2D eigenvalue weighted by Gasteiger charge is -2.39. The van der Waals surface area contributed by atoms with E-state index < -0.39 is 74.6 Å². The predicted octanol–water partition coefficient (Wildman–Crippen LogP) is 1.11. The number of benzene rings is 3. The summed E-state index contributed by atoms with van der Waals surface area (Å²) in [4.78, 5) is 10.1. The fourth-order valence-electron chi connectivity index (χ4n) is 7.15. The van der Waals surface area contributed by atoms with Crippen LogP contribution in [0.3, 0.4) is 0 Å². The Morgan fingerprint density at radius 3 is 1.75 bits per heavy atom. The first-order valence-corrected chi connectivity index (χ1v) is 19.3. The fourth-order valence-corrected chi connectivity index (χ4v) is 7.15. The molecule has 2 aliphatic rings. The Balaban J connectivity index is 1.08. The summed E-state index contributed by atoms with van der Waals surface area (Å²) in [6, 6.07) is 27.2. The highest BCUT2D eigenvalue weighted by molar-refractivity contribution is 5.64. The summed E-state index contributed by atoms with van der Waals surface area (Å²) in [5, 5.41) is 80.7. The molecule has 8 N–H and O–H groups in total. The van der Waals surface area contributed by atoms with Crippen LogP contribution in [0.25, 0.3) is 16.9 Å². The molecule has 6 aromatic rings. The van der Waals surface area contributed by atoms with Crippen LogP contribution in [0.4, 0.5) is 0 Å². The van der Waals surface area contributed by atoms with Crippen LogP contribution < -0.4 is 14.2 Å². The highest BCUT2D eigenvalue weighted by atomic mass is 16.7. The normalized spacial score (nSPS) is 26.9. The van der Waals surface area contributed by atoms with Crippen molar-refractivity contribution in [1.82, 2.24) is 14.4 Å². The Labute approximate surface area is 342 Å². The summed E-state index contributed by atoms with van der Waals surface area (Å²) in [6.07, 6.45) is -10.0. The standard InChI is InChI=1S/C43H45N3O14/c47-20-32-34(49)36(51)38(53)42(59-32)57-26-12-8-24(9-13-26)22-56-41-30(18-28-7-4-16-55-28)45-40-29(17-23-5-2-1-3-6-23)44-31(19-46(40)41)25-10-14-27(15-11-25)58-43-39(54)37(52)35(50)33(21-48)60-43/h1-16,19,32-39,42-43,47-54H,17-18,20-22H2. The molecule has 5 heterocycles. The Kier molecular flexibility index (Phi) is 12.4. The van der Waals surface area contributed by atoms with Gasteiger partial charge >= 0.3 is 0 Å². The van der Waals surface area contributed by atoms with E-state index in [0.717, 1.165) is 11.1 Å². The van der Waals surface area contributed by atoms with Gasteiger partial charge in [-0.3, -0.25) is 4.40 Å². The Morgan fingerprint density at radius 2 is 1.18 bits per heavy atom. The highest BCUT2D eigenvalue weighted by Gasteiger charge is 2.46. The average molecular weight is 828 g/mol. The van der Waals surface area contributed by atoms with Gasteiger partial charge in [0.05, 0.1) is 37.3 Å². The van der Waals surface area contributed by atoms with E-state index in [0.29, 0.717) is 64.3 Å². The zero-order chi connectivity index (χ0) is 41.9. The first kappa shape index (κ1) is 41.3. The molecule has 3 aromatic carbocycles. The van der Waals surface area contributed by atoms with Gasteiger partial charge in [0.1, 0.15) is 78.4 Å². The maximum absolute atomic E-state index is 10.5. The third kappa shape index (κ3) is 8.72. The van der Waals surface area contributed by atoms with E-state index in [1.165, 1.54) is 0 Å². The monoisotopic (exact) mass is 827 g/mol. The zero-order valence-electron chi connectivity index (χ0n) is 32.0. The molecule has 0 aliphatic carbocycles. The van der Waals surface area contributed by atoms with Crippen molar-refractivity contribution >= 4 is 5.65 Å². The number of hydrogen-bond acceptors (Lipinski definition) is 16. The van der Waals surface area contributed by atoms with Crippen LogP contribution in [0.5, 0.6) is 17.4 Å². The molecular formula is C43H45N3O14. The number of rotatable bonds is 14. The van der Waals surface area contributed by atoms with Gasteiger partial charge in [0.2, 0.25) is 18.5 Å². The topological polar surface area (TPSA) is 251 Å². The summed E-state index contributed by atoms with van der Waals surface area (Å²) in [6.45, 7) is -1.05. The maximum Gasteiger partial charge on any atom is 0.229 e. The lowest BCUT2D eigenvalue weighted by Crippen LogP contribution is -2.60. The second kappa shape index (κ2) is 18.0. The molecule has 17 heteroatoms. The molecule has 0 bridgehead atoms.